The molecule has 0 atom stereocenters. The molecule has 0 fully saturated rings. The SMILES string of the molecule is CCOc1cc2cc3c(cc2cc1OCC)=CC(=O)C(=O)C=3. The first-order chi connectivity index (χ1) is 10.6. The van der Waals surface area contributed by atoms with Gasteiger partial charge in [0, 0.05) is 0 Å². The first-order valence-corrected chi connectivity index (χ1v) is 7.27. The van der Waals surface area contributed by atoms with Gasteiger partial charge in [0.05, 0.1) is 13.2 Å². The Balaban J connectivity index is 2.27. The summed E-state index contributed by atoms with van der Waals surface area (Å²) in [5, 5.41) is 3.39. The van der Waals surface area contributed by atoms with E-state index in [1.807, 2.05) is 38.1 Å². The number of carbonyl (C=O) groups is 2. The lowest BCUT2D eigenvalue weighted by Crippen LogP contribution is -2.33. The molecule has 0 saturated heterocycles. The predicted octanol–water partition coefficient (Wildman–Crippen LogP) is 1.35. The highest BCUT2D eigenvalue weighted by Crippen LogP contribution is 2.31. The Hall–Kier alpha value is -2.62. The van der Waals surface area contributed by atoms with Gasteiger partial charge >= 0.3 is 0 Å². The molecule has 4 nitrogen and oxygen atoms in total. The molecule has 2 aromatic carbocycles. The van der Waals surface area contributed by atoms with Crippen LogP contribution < -0.4 is 19.9 Å². The van der Waals surface area contributed by atoms with Crippen LogP contribution in [0.15, 0.2) is 24.3 Å². The molecule has 0 spiro atoms. The molecule has 0 bridgehead atoms. The summed E-state index contributed by atoms with van der Waals surface area (Å²) in [6.45, 7) is 4.92. The molecule has 0 saturated carbocycles. The average Bonchev–Trinajstić information content (AvgIpc) is 2.48. The zero-order valence-electron chi connectivity index (χ0n) is 12.5. The first-order valence-electron chi connectivity index (χ1n) is 7.27. The summed E-state index contributed by atoms with van der Waals surface area (Å²) in [5.41, 5.74) is 0. The van der Waals surface area contributed by atoms with E-state index in [2.05, 4.69) is 0 Å². The van der Waals surface area contributed by atoms with E-state index in [1.54, 1.807) is 0 Å². The van der Waals surface area contributed by atoms with Crippen LogP contribution in [0.2, 0.25) is 0 Å². The summed E-state index contributed by atoms with van der Waals surface area (Å²) in [4.78, 5) is 23.0. The fourth-order valence-corrected chi connectivity index (χ4v) is 2.55. The maximum absolute atomic E-state index is 11.5. The van der Waals surface area contributed by atoms with Gasteiger partial charge in [-0.05, 0) is 71.5 Å². The minimum atomic E-state index is -0.484. The predicted molar refractivity (Wildman–Crippen MR) is 84.5 cm³/mol. The van der Waals surface area contributed by atoms with Gasteiger partial charge in [0.25, 0.3) is 0 Å². The molecule has 0 aromatic heterocycles. The van der Waals surface area contributed by atoms with Crippen LogP contribution in [-0.2, 0) is 9.59 Å². The van der Waals surface area contributed by atoms with Gasteiger partial charge < -0.3 is 9.47 Å². The van der Waals surface area contributed by atoms with Crippen molar-refractivity contribution in [3.8, 4) is 11.5 Å². The van der Waals surface area contributed by atoms with Gasteiger partial charge in [-0.2, -0.15) is 0 Å². The number of rotatable bonds is 4. The highest BCUT2D eigenvalue weighted by molar-refractivity contribution is 6.57. The monoisotopic (exact) mass is 296 g/mol. The molecule has 0 aliphatic heterocycles. The molecule has 0 radical (unpaired) electrons. The Kier molecular flexibility index (Phi) is 3.67. The van der Waals surface area contributed by atoms with Crippen molar-refractivity contribution < 1.29 is 19.1 Å². The second-order valence-electron chi connectivity index (χ2n) is 5.01. The molecule has 2 aromatic rings. The topological polar surface area (TPSA) is 52.6 Å². The zero-order chi connectivity index (χ0) is 15.7. The molecule has 112 valence electrons. The average molecular weight is 296 g/mol. The lowest BCUT2D eigenvalue weighted by molar-refractivity contribution is -0.129. The summed E-state index contributed by atoms with van der Waals surface area (Å²) < 4.78 is 11.2. The highest BCUT2D eigenvalue weighted by Gasteiger charge is 2.13. The van der Waals surface area contributed by atoms with Gasteiger partial charge in [-0.25, -0.2) is 0 Å². The molecular formula is C18H16O4. The lowest BCUT2D eigenvalue weighted by Gasteiger charge is -2.12. The van der Waals surface area contributed by atoms with Crippen molar-refractivity contribution in [3.05, 3.63) is 34.7 Å². The molecule has 1 aliphatic rings. The fourth-order valence-electron chi connectivity index (χ4n) is 2.55. The van der Waals surface area contributed by atoms with Crippen LogP contribution in [0.25, 0.3) is 22.9 Å². The van der Waals surface area contributed by atoms with Crippen LogP contribution in [0, 0.1) is 0 Å². The number of ketones is 2. The van der Waals surface area contributed by atoms with Gasteiger partial charge in [0.1, 0.15) is 0 Å². The molecule has 0 heterocycles. The van der Waals surface area contributed by atoms with Gasteiger partial charge in [-0.3, -0.25) is 9.59 Å². The van der Waals surface area contributed by atoms with E-state index in [4.69, 9.17) is 9.47 Å². The summed E-state index contributed by atoms with van der Waals surface area (Å²) in [7, 11) is 0. The van der Waals surface area contributed by atoms with Crippen LogP contribution in [-0.4, -0.2) is 24.8 Å². The number of Topliss-reactive ketones (excluding diaryl/α,β-unsaturated/α-hetero) is 2. The van der Waals surface area contributed by atoms with Gasteiger partial charge in [0.15, 0.2) is 11.5 Å². The summed E-state index contributed by atoms with van der Waals surface area (Å²) in [6.07, 6.45) is 2.77. The fraction of sp³-hybridized carbons (Fsp3) is 0.222. The van der Waals surface area contributed by atoms with E-state index in [-0.39, 0.29) is 0 Å². The van der Waals surface area contributed by atoms with Crippen molar-refractivity contribution in [3.63, 3.8) is 0 Å². The molecule has 0 unspecified atom stereocenters. The van der Waals surface area contributed by atoms with Crippen molar-refractivity contribution in [1.29, 1.82) is 0 Å². The smallest absolute Gasteiger partial charge is 0.226 e. The number of ether oxygens (including phenoxy) is 2. The summed E-state index contributed by atoms with van der Waals surface area (Å²) in [6, 6.07) is 7.59. The van der Waals surface area contributed by atoms with Crippen LogP contribution in [0.3, 0.4) is 0 Å². The minimum Gasteiger partial charge on any atom is -0.490 e. The zero-order valence-corrected chi connectivity index (χ0v) is 12.5. The normalized spacial score (nSPS) is 13.4. The van der Waals surface area contributed by atoms with E-state index in [0.717, 1.165) is 21.2 Å². The number of benzene rings is 2. The minimum absolute atomic E-state index is 0.484. The number of hydrogen-bond acceptors (Lipinski definition) is 4. The molecular weight excluding hydrogens is 280 g/mol. The summed E-state index contributed by atoms with van der Waals surface area (Å²) >= 11 is 0. The molecule has 3 rings (SSSR count). The second-order valence-corrected chi connectivity index (χ2v) is 5.01. The first kappa shape index (κ1) is 14.3. The number of carbonyl (C=O) groups excluding carboxylic acids is 2. The van der Waals surface area contributed by atoms with Gasteiger partial charge in [-0.15, -0.1) is 0 Å². The third-order valence-corrected chi connectivity index (χ3v) is 3.52. The van der Waals surface area contributed by atoms with Crippen molar-refractivity contribution in [1.82, 2.24) is 0 Å². The number of hydrogen-bond donors (Lipinski definition) is 0. The maximum atomic E-state index is 11.5. The van der Waals surface area contributed by atoms with Gasteiger partial charge in [-0.1, -0.05) is 0 Å². The number of fused-ring (bicyclic) bond motifs is 2. The molecule has 4 heteroatoms. The summed E-state index contributed by atoms with van der Waals surface area (Å²) in [5.74, 6) is 0.392. The molecule has 22 heavy (non-hydrogen) atoms. The molecule has 1 aliphatic carbocycles. The van der Waals surface area contributed by atoms with Crippen LogP contribution in [0.5, 0.6) is 11.5 Å². The maximum Gasteiger partial charge on any atom is 0.226 e. The van der Waals surface area contributed by atoms with Crippen molar-refractivity contribution in [2.75, 3.05) is 13.2 Å². The Morgan fingerprint density at radius 3 is 1.50 bits per heavy atom. The van der Waals surface area contributed by atoms with E-state index in [9.17, 15) is 9.59 Å². The molecule has 0 N–H and O–H groups in total. The van der Waals surface area contributed by atoms with E-state index in [1.165, 1.54) is 12.2 Å². The van der Waals surface area contributed by atoms with Crippen LogP contribution >= 0.6 is 0 Å². The largest absolute Gasteiger partial charge is 0.490 e. The third kappa shape index (κ3) is 2.48. The highest BCUT2D eigenvalue weighted by atomic mass is 16.5. The second kappa shape index (κ2) is 5.64. The Morgan fingerprint density at radius 1 is 0.727 bits per heavy atom. The Morgan fingerprint density at radius 2 is 1.14 bits per heavy atom. The lowest BCUT2D eigenvalue weighted by atomic mass is 10.0. The van der Waals surface area contributed by atoms with Crippen molar-refractivity contribution >= 4 is 34.5 Å². The quantitative estimate of drug-likeness (QED) is 0.799. The Bertz CT molecular complexity index is 819. The van der Waals surface area contributed by atoms with Crippen LogP contribution in [0.1, 0.15) is 13.8 Å². The Labute approximate surface area is 127 Å². The van der Waals surface area contributed by atoms with E-state index >= 15 is 0 Å². The third-order valence-electron chi connectivity index (χ3n) is 3.52. The van der Waals surface area contributed by atoms with E-state index in [0.29, 0.717) is 24.7 Å². The van der Waals surface area contributed by atoms with Crippen molar-refractivity contribution in [2.24, 2.45) is 0 Å². The van der Waals surface area contributed by atoms with Crippen LogP contribution in [0.4, 0.5) is 0 Å². The van der Waals surface area contributed by atoms with Gasteiger partial charge in [0.2, 0.25) is 11.6 Å². The van der Waals surface area contributed by atoms with E-state index < -0.39 is 11.6 Å². The standard InChI is InChI=1S/C18H16O4/c1-3-21-17-9-13-5-11-7-15(19)16(20)8-12(11)6-14(13)10-18(17)22-4-2/h5-10H,3-4H2,1-2H3. The molecule has 0 amide bonds. The van der Waals surface area contributed by atoms with Crippen molar-refractivity contribution in [2.45, 2.75) is 13.8 Å².